The zero-order valence-corrected chi connectivity index (χ0v) is 12.8. The monoisotopic (exact) mass is 310 g/mol. The van der Waals surface area contributed by atoms with E-state index in [0.29, 0.717) is 13.0 Å². The molecule has 2 rings (SSSR count). The van der Waals surface area contributed by atoms with Gasteiger partial charge in [0.25, 0.3) is 0 Å². The fourth-order valence-corrected chi connectivity index (χ4v) is 2.79. The van der Waals surface area contributed by atoms with Crippen molar-refractivity contribution in [2.45, 2.75) is 51.2 Å². The third kappa shape index (κ3) is 3.20. The van der Waals surface area contributed by atoms with Crippen molar-refractivity contribution in [2.24, 2.45) is 11.7 Å². The number of carbonyl (C=O) groups is 4. The number of amides is 4. The van der Waals surface area contributed by atoms with Gasteiger partial charge in [0, 0.05) is 6.54 Å². The Morgan fingerprint density at radius 2 is 2.00 bits per heavy atom. The molecule has 0 aromatic heterocycles. The summed E-state index contributed by atoms with van der Waals surface area (Å²) in [6.45, 7) is 4.10. The highest BCUT2D eigenvalue weighted by Gasteiger charge is 2.39. The summed E-state index contributed by atoms with van der Waals surface area (Å²) >= 11 is 0. The van der Waals surface area contributed by atoms with Gasteiger partial charge in [-0.15, -0.1) is 0 Å². The summed E-state index contributed by atoms with van der Waals surface area (Å²) < 4.78 is 0. The third-order valence-corrected chi connectivity index (χ3v) is 4.14. The van der Waals surface area contributed by atoms with E-state index in [0.717, 1.165) is 6.42 Å². The lowest BCUT2D eigenvalue weighted by atomic mass is 9.99. The van der Waals surface area contributed by atoms with E-state index in [4.69, 9.17) is 5.73 Å². The minimum Gasteiger partial charge on any atom is -0.368 e. The number of rotatable bonds is 5. The van der Waals surface area contributed by atoms with Crippen molar-refractivity contribution in [1.82, 2.24) is 15.5 Å². The topological polar surface area (TPSA) is 122 Å². The largest absolute Gasteiger partial charge is 0.368 e. The first-order valence-corrected chi connectivity index (χ1v) is 7.50. The van der Waals surface area contributed by atoms with Crippen LogP contribution in [0.25, 0.3) is 0 Å². The molecule has 0 aliphatic carbocycles. The minimum atomic E-state index is -0.732. The highest BCUT2D eigenvalue weighted by atomic mass is 16.2. The SMILES string of the molecule is CC(C)[C@H](NC(=O)C1CC(=O)N1)C(=O)N1CCC[C@H]1C(N)=O. The zero-order valence-electron chi connectivity index (χ0n) is 12.8. The molecule has 2 fully saturated rings. The fraction of sp³-hybridized carbons (Fsp3) is 0.714. The molecule has 8 heteroatoms. The molecule has 2 aliphatic heterocycles. The Kier molecular flexibility index (Phi) is 4.68. The average molecular weight is 310 g/mol. The molecular formula is C14H22N4O4. The normalized spacial score (nSPS) is 25.4. The Balaban J connectivity index is 2.03. The van der Waals surface area contributed by atoms with Gasteiger partial charge in [0.2, 0.25) is 23.6 Å². The number of β-lactam (4-membered cyclic amide) rings is 1. The van der Waals surface area contributed by atoms with Crippen molar-refractivity contribution in [3.8, 4) is 0 Å². The van der Waals surface area contributed by atoms with Gasteiger partial charge >= 0.3 is 0 Å². The van der Waals surface area contributed by atoms with Gasteiger partial charge in [-0.25, -0.2) is 0 Å². The molecule has 2 saturated heterocycles. The van der Waals surface area contributed by atoms with Crippen LogP contribution < -0.4 is 16.4 Å². The van der Waals surface area contributed by atoms with Crippen LogP contribution in [-0.4, -0.2) is 53.2 Å². The lowest BCUT2D eigenvalue weighted by molar-refractivity contribution is -0.143. The number of carbonyl (C=O) groups excluding carboxylic acids is 4. The van der Waals surface area contributed by atoms with Crippen molar-refractivity contribution in [1.29, 1.82) is 0 Å². The van der Waals surface area contributed by atoms with Gasteiger partial charge in [0.05, 0.1) is 6.42 Å². The van der Waals surface area contributed by atoms with Gasteiger partial charge in [-0.1, -0.05) is 13.8 Å². The summed E-state index contributed by atoms with van der Waals surface area (Å²) in [5, 5.41) is 5.15. The van der Waals surface area contributed by atoms with Crippen LogP contribution in [0.1, 0.15) is 33.1 Å². The van der Waals surface area contributed by atoms with Crippen LogP contribution in [-0.2, 0) is 19.2 Å². The minimum absolute atomic E-state index is 0.137. The van der Waals surface area contributed by atoms with Gasteiger partial charge in [-0.3, -0.25) is 19.2 Å². The highest BCUT2D eigenvalue weighted by Crippen LogP contribution is 2.20. The van der Waals surface area contributed by atoms with Gasteiger partial charge in [0.15, 0.2) is 0 Å². The molecule has 122 valence electrons. The summed E-state index contributed by atoms with van der Waals surface area (Å²) in [5.74, 6) is -1.51. The lowest BCUT2D eigenvalue weighted by Crippen LogP contribution is -2.61. The number of hydrogen-bond donors (Lipinski definition) is 3. The molecule has 4 amide bonds. The zero-order chi connectivity index (χ0) is 16.4. The van der Waals surface area contributed by atoms with Crippen LogP contribution >= 0.6 is 0 Å². The summed E-state index contributed by atoms with van der Waals surface area (Å²) in [7, 11) is 0. The van der Waals surface area contributed by atoms with Crippen molar-refractivity contribution < 1.29 is 19.2 Å². The quantitative estimate of drug-likeness (QED) is 0.534. The van der Waals surface area contributed by atoms with Crippen LogP contribution in [0.5, 0.6) is 0 Å². The Morgan fingerprint density at radius 3 is 2.50 bits per heavy atom. The Labute approximate surface area is 128 Å². The summed E-state index contributed by atoms with van der Waals surface area (Å²) in [5.41, 5.74) is 5.33. The maximum absolute atomic E-state index is 12.6. The molecule has 0 aromatic carbocycles. The van der Waals surface area contributed by atoms with E-state index in [1.165, 1.54) is 4.90 Å². The molecule has 3 atom stereocenters. The number of primary amides is 1. The fourth-order valence-electron chi connectivity index (χ4n) is 2.79. The van der Waals surface area contributed by atoms with Crippen molar-refractivity contribution in [3.05, 3.63) is 0 Å². The number of likely N-dealkylation sites (tertiary alicyclic amines) is 1. The molecule has 1 unspecified atom stereocenters. The molecular weight excluding hydrogens is 288 g/mol. The number of hydrogen-bond acceptors (Lipinski definition) is 4. The predicted octanol–water partition coefficient (Wildman–Crippen LogP) is -1.51. The molecule has 0 spiro atoms. The van der Waals surface area contributed by atoms with E-state index in [2.05, 4.69) is 10.6 Å². The van der Waals surface area contributed by atoms with E-state index in [9.17, 15) is 19.2 Å². The summed E-state index contributed by atoms with van der Waals surface area (Å²) in [6, 6.07) is -1.91. The molecule has 22 heavy (non-hydrogen) atoms. The molecule has 2 aliphatic rings. The third-order valence-electron chi connectivity index (χ3n) is 4.14. The van der Waals surface area contributed by atoms with E-state index in [1.54, 1.807) is 0 Å². The molecule has 4 N–H and O–H groups in total. The van der Waals surface area contributed by atoms with Crippen molar-refractivity contribution >= 4 is 23.6 Å². The second-order valence-electron chi connectivity index (χ2n) is 6.15. The lowest BCUT2D eigenvalue weighted by Gasteiger charge is -2.32. The van der Waals surface area contributed by atoms with E-state index >= 15 is 0 Å². The van der Waals surface area contributed by atoms with E-state index < -0.39 is 24.0 Å². The predicted molar refractivity (Wildman–Crippen MR) is 77.2 cm³/mol. The number of nitrogens with zero attached hydrogens (tertiary/aromatic N) is 1. The van der Waals surface area contributed by atoms with E-state index in [-0.39, 0.29) is 30.1 Å². The maximum Gasteiger partial charge on any atom is 0.246 e. The Bertz CT molecular complexity index is 497. The van der Waals surface area contributed by atoms with Gasteiger partial charge < -0.3 is 21.3 Å². The van der Waals surface area contributed by atoms with Crippen LogP contribution in [0, 0.1) is 5.92 Å². The molecule has 0 bridgehead atoms. The second-order valence-corrected chi connectivity index (χ2v) is 6.15. The summed E-state index contributed by atoms with van der Waals surface area (Å²) in [6.07, 6.45) is 1.41. The van der Waals surface area contributed by atoms with E-state index in [1.807, 2.05) is 13.8 Å². The first-order chi connectivity index (χ1) is 10.3. The van der Waals surface area contributed by atoms with Crippen LogP contribution in [0.4, 0.5) is 0 Å². The first-order valence-electron chi connectivity index (χ1n) is 7.50. The Morgan fingerprint density at radius 1 is 1.36 bits per heavy atom. The molecule has 0 aromatic rings. The van der Waals surface area contributed by atoms with Crippen LogP contribution in [0.2, 0.25) is 0 Å². The standard InChI is InChI=1S/C14H22N4O4/c1-7(2)11(17-13(21)8-6-10(19)16-8)14(22)18-5-3-4-9(18)12(15)20/h7-9,11H,3-6H2,1-2H3,(H2,15,20)(H,16,19)(H,17,21)/t8?,9-,11-/m0/s1. The molecule has 2 heterocycles. The van der Waals surface area contributed by atoms with Crippen molar-refractivity contribution in [2.75, 3.05) is 6.54 Å². The van der Waals surface area contributed by atoms with Crippen LogP contribution in [0.15, 0.2) is 0 Å². The smallest absolute Gasteiger partial charge is 0.246 e. The van der Waals surface area contributed by atoms with Crippen LogP contribution in [0.3, 0.4) is 0 Å². The maximum atomic E-state index is 12.6. The average Bonchev–Trinajstić information content (AvgIpc) is 2.89. The molecule has 0 saturated carbocycles. The van der Waals surface area contributed by atoms with Gasteiger partial charge in [-0.2, -0.15) is 0 Å². The van der Waals surface area contributed by atoms with Gasteiger partial charge in [-0.05, 0) is 18.8 Å². The summed E-state index contributed by atoms with van der Waals surface area (Å²) in [4.78, 5) is 48.4. The first kappa shape index (κ1) is 16.3. The molecule has 0 radical (unpaired) electrons. The number of nitrogens with two attached hydrogens (primary N) is 1. The van der Waals surface area contributed by atoms with Gasteiger partial charge in [0.1, 0.15) is 18.1 Å². The number of nitrogens with one attached hydrogen (secondary N) is 2. The molecule has 8 nitrogen and oxygen atoms in total. The Hall–Kier alpha value is -2.12. The second kappa shape index (κ2) is 6.33. The van der Waals surface area contributed by atoms with Crippen molar-refractivity contribution in [3.63, 3.8) is 0 Å². The highest BCUT2D eigenvalue weighted by molar-refractivity contribution is 5.99.